The summed E-state index contributed by atoms with van der Waals surface area (Å²) < 4.78 is 37.2. The number of carbonyl (C=O) groups excluding carboxylic acids is 2. The van der Waals surface area contributed by atoms with Gasteiger partial charge in [-0.25, -0.2) is 13.8 Å². The number of amides is 2. The molecule has 14 heteroatoms. The summed E-state index contributed by atoms with van der Waals surface area (Å²) in [7, 11) is 3.55. The van der Waals surface area contributed by atoms with E-state index in [2.05, 4.69) is 32.2 Å². The Morgan fingerprint density at radius 1 is 1.06 bits per heavy atom. The van der Waals surface area contributed by atoms with Crippen molar-refractivity contribution in [3.63, 3.8) is 0 Å². The van der Waals surface area contributed by atoms with Crippen LogP contribution in [0.15, 0.2) is 42.9 Å². The molecule has 2 saturated heterocycles. The van der Waals surface area contributed by atoms with Crippen LogP contribution >= 0.6 is 0 Å². The third-order valence-electron chi connectivity index (χ3n) is 9.71. The maximum absolute atomic E-state index is 16.5. The molecular weight excluding hydrogens is 620 g/mol. The lowest BCUT2D eigenvalue weighted by Gasteiger charge is -2.35. The van der Waals surface area contributed by atoms with Crippen molar-refractivity contribution in [2.45, 2.75) is 31.7 Å². The van der Waals surface area contributed by atoms with Crippen molar-refractivity contribution in [2.75, 3.05) is 71.4 Å². The summed E-state index contributed by atoms with van der Waals surface area (Å²) in [5.74, 6) is -0.0622. The highest BCUT2D eigenvalue weighted by Gasteiger charge is 2.31. The molecule has 0 bridgehead atoms. The Labute approximate surface area is 276 Å². The second-order valence-corrected chi connectivity index (χ2v) is 12.8. The van der Waals surface area contributed by atoms with Gasteiger partial charge < -0.3 is 29.3 Å². The van der Waals surface area contributed by atoms with Crippen molar-refractivity contribution in [1.29, 1.82) is 0 Å². The second kappa shape index (κ2) is 13.3. The number of fused-ring (bicyclic) bond motifs is 1. The molecule has 3 aromatic heterocycles. The van der Waals surface area contributed by atoms with Crippen molar-refractivity contribution in [3.8, 4) is 5.75 Å². The van der Waals surface area contributed by atoms with E-state index in [0.29, 0.717) is 80.6 Å². The molecule has 12 nitrogen and oxygen atoms in total. The number of ether oxygens (including phenoxy) is 1. The zero-order valence-corrected chi connectivity index (χ0v) is 27.2. The number of aromatic amines is 1. The predicted octanol–water partition coefficient (Wildman–Crippen LogP) is 3.53. The van der Waals surface area contributed by atoms with Crippen LogP contribution in [0.1, 0.15) is 46.8 Å². The zero-order chi connectivity index (χ0) is 33.4. The molecule has 6 heterocycles. The number of hydrogen-bond acceptors (Lipinski definition) is 8. The molecule has 48 heavy (non-hydrogen) atoms. The third-order valence-corrected chi connectivity index (χ3v) is 9.71. The number of hydrogen-bond donors (Lipinski definition) is 1. The lowest BCUT2D eigenvalue weighted by Crippen LogP contribution is -2.49. The molecule has 1 aromatic carbocycles. The maximum Gasteiger partial charge on any atom is 0.270 e. The number of methoxy groups -OCH3 is 1. The minimum absolute atomic E-state index is 0.0169. The minimum atomic E-state index is -0.479. The molecule has 2 fully saturated rings. The number of carbonyl (C=O) groups is 2. The molecular formula is C34H39F2N9O3. The van der Waals surface area contributed by atoms with Gasteiger partial charge in [0, 0.05) is 75.4 Å². The van der Waals surface area contributed by atoms with Gasteiger partial charge >= 0.3 is 0 Å². The van der Waals surface area contributed by atoms with Crippen molar-refractivity contribution in [3.05, 3.63) is 71.3 Å². The van der Waals surface area contributed by atoms with E-state index in [1.807, 2.05) is 17.0 Å². The quantitative estimate of drug-likeness (QED) is 0.306. The summed E-state index contributed by atoms with van der Waals surface area (Å²) in [6.45, 7) is 4.89. The number of benzene rings is 1. The Morgan fingerprint density at radius 2 is 1.90 bits per heavy atom. The standard InChI is InChI=1S/C34H39F2N9O3/c1-41-9-5-23(20-41)25-17-26(22-4-3-8-44(21-22)30(46)6-10-45-11-7-38-40-45)31(36)32-27(25)18-28(39-32)34(47)43-14-12-42(13-15-43)33-29(48-2)16-24(35)19-37-33/h4,7,11,16-19,23,39H,3,5-6,8-10,12-15,20-21H2,1-2H3/t23-/m0/s1. The molecule has 4 aromatic rings. The fourth-order valence-electron chi connectivity index (χ4n) is 7.13. The lowest BCUT2D eigenvalue weighted by molar-refractivity contribution is -0.131. The minimum Gasteiger partial charge on any atom is -0.493 e. The topological polar surface area (TPSA) is 116 Å². The monoisotopic (exact) mass is 659 g/mol. The Hall–Kier alpha value is -4.85. The normalized spacial score (nSPS) is 18.9. The first-order valence-corrected chi connectivity index (χ1v) is 16.4. The number of aromatic nitrogens is 5. The SMILES string of the molecule is COc1cc(F)cnc1N1CCN(C(=O)c2cc3c([C@H]4CCN(C)C4)cc(C4=CCCN(C(=O)CCn5ccnn5)C4)c(F)c3[nH]2)CC1. The largest absolute Gasteiger partial charge is 0.493 e. The molecule has 0 aliphatic carbocycles. The van der Waals surface area contributed by atoms with Gasteiger partial charge in [-0.2, -0.15) is 0 Å². The average Bonchev–Trinajstić information content (AvgIpc) is 3.89. The van der Waals surface area contributed by atoms with Crippen LogP contribution in [0.4, 0.5) is 14.6 Å². The van der Waals surface area contributed by atoms with Crippen molar-refractivity contribution < 1.29 is 23.1 Å². The maximum atomic E-state index is 16.5. The summed E-state index contributed by atoms with van der Waals surface area (Å²) in [6.07, 6.45) is 8.32. The molecule has 3 aliphatic rings. The summed E-state index contributed by atoms with van der Waals surface area (Å²) >= 11 is 0. The Bertz CT molecular complexity index is 1850. The zero-order valence-electron chi connectivity index (χ0n) is 27.2. The van der Waals surface area contributed by atoms with E-state index in [1.54, 1.807) is 32.9 Å². The first kappa shape index (κ1) is 31.7. The van der Waals surface area contributed by atoms with Gasteiger partial charge in [-0.05, 0) is 55.6 Å². The highest BCUT2D eigenvalue weighted by molar-refractivity contribution is 6.00. The number of nitrogens with one attached hydrogen (secondary N) is 1. The van der Waals surface area contributed by atoms with Gasteiger partial charge in [0.1, 0.15) is 11.5 Å². The van der Waals surface area contributed by atoms with Crippen LogP contribution in [0.3, 0.4) is 0 Å². The van der Waals surface area contributed by atoms with Crippen molar-refractivity contribution in [2.24, 2.45) is 0 Å². The number of halogens is 2. The van der Waals surface area contributed by atoms with Crippen molar-refractivity contribution >= 4 is 34.1 Å². The van der Waals surface area contributed by atoms with Crippen LogP contribution in [-0.2, 0) is 11.3 Å². The molecule has 3 aliphatic heterocycles. The van der Waals surface area contributed by atoms with Gasteiger partial charge in [-0.1, -0.05) is 11.3 Å². The molecule has 1 N–H and O–H groups in total. The smallest absolute Gasteiger partial charge is 0.270 e. The number of H-pyrrole nitrogens is 1. The first-order valence-electron chi connectivity index (χ1n) is 16.4. The van der Waals surface area contributed by atoms with Gasteiger partial charge in [0.15, 0.2) is 17.4 Å². The molecule has 1 atom stereocenters. The number of likely N-dealkylation sites (N-methyl/N-ethyl adjacent to an activating group) is 1. The van der Waals surface area contributed by atoms with Gasteiger partial charge in [0.05, 0.1) is 31.6 Å². The summed E-state index contributed by atoms with van der Waals surface area (Å²) in [4.78, 5) is 42.1. The van der Waals surface area contributed by atoms with Gasteiger partial charge in [-0.15, -0.1) is 5.10 Å². The molecule has 0 saturated carbocycles. The number of piperazine rings is 1. The predicted molar refractivity (Wildman–Crippen MR) is 176 cm³/mol. The van der Waals surface area contributed by atoms with E-state index in [-0.39, 0.29) is 24.2 Å². The summed E-state index contributed by atoms with van der Waals surface area (Å²) in [5, 5.41) is 8.45. The lowest BCUT2D eigenvalue weighted by atomic mass is 9.89. The molecule has 252 valence electrons. The third kappa shape index (κ3) is 6.23. The number of rotatable bonds is 8. The number of pyridine rings is 1. The van der Waals surface area contributed by atoms with Gasteiger partial charge in [0.2, 0.25) is 5.91 Å². The van der Waals surface area contributed by atoms with E-state index >= 15 is 4.39 Å². The highest BCUT2D eigenvalue weighted by atomic mass is 19.1. The van der Waals surface area contributed by atoms with Crippen LogP contribution in [0.5, 0.6) is 5.75 Å². The molecule has 0 spiro atoms. The summed E-state index contributed by atoms with van der Waals surface area (Å²) in [6, 6.07) is 5.04. The molecule has 2 amide bonds. The van der Waals surface area contributed by atoms with Gasteiger partial charge in [-0.3, -0.25) is 14.3 Å². The number of nitrogens with zero attached hydrogens (tertiary/aromatic N) is 8. The van der Waals surface area contributed by atoms with Crippen LogP contribution in [0, 0.1) is 11.6 Å². The molecule has 0 radical (unpaired) electrons. The molecule has 0 unspecified atom stereocenters. The van der Waals surface area contributed by atoms with Gasteiger partial charge in [0.25, 0.3) is 5.91 Å². The van der Waals surface area contributed by atoms with E-state index in [9.17, 15) is 14.0 Å². The number of likely N-dealkylation sites (tertiary alicyclic amines) is 1. The molecule has 7 rings (SSSR count). The van der Waals surface area contributed by atoms with E-state index in [0.717, 1.165) is 42.2 Å². The van der Waals surface area contributed by atoms with Crippen LogP contribution in [0.25, 0.3) is 16.5 Å². The fraction of sp³-hybridized carbons (Fsp3) is 0.441. The van der Waals surface area contributed by atoms with E-state index in [1.165, 1.54) is 13.2 Å². The summed E-state index contributed by atoms with van der Waals surface area (Å²) in [5.41, 5.74) is 2.90. The highest BCUT2D eigenvalue weighted by Crippen LogP contribution is 2.38. The first-order chi connectivity index (χ1) is 23.3. The number of aryl methyl sites for hydroxylation is 1. The van der Waals surface area contributed by atoms with Crippen molar-refractivity contribution in [1.82, 2.24) is 39.7 Å². The van der Waals surface area contributed by atoms with Crippen LogP contribution in [-0.4, -0.2) is 118 Å². The Kier molecular flexibility index (Phi) is 8.82. The Balaban J connectivity index is 1.13. The van der Waals surface area contributed by atoms with E-state index < -0.39 is 11.6 Å². The average molecular weight is 660 g/mol. The van der Waals surface area contributed by atoms with Crippen LogP contribution in [0.2, 0.25) is 0 Å². The fourth-order valence-corrected chi connectivity index (χ4v) is 7.13. The van der Waals surface area contributed by atoms with Crippen LogP contribution < -0.4 is 9.64 Å². The second-order valence-electron chi connectivity index (χ2n) is 12.8. The van der Waals surface area contributed by atoms with E-state index in [4.69, 9.17) is 4.74 Å². The Morgan fingerprint density at radius 3 is 2.62 bits per heavy atom. The number of anilines is 1.